The van der Waals surface area contributed by atoms with Crippen LogP contribution in [0.4, 0.5) is 0 Å². The number of halogens is 1. The fraction of sp³-hybridized carbons (Fsp3) is 0.750. The fourth-order valence-corrected chi connectivity index (χ4v) is 5.95. The molecule has 0 N–H and O–H groups in total. The lowest BCUT2D eigenvalue weighted by Gasteiger charge is -2.17. The second-order valence-corrected chi connectivity index (χ2v) is 7.46. The number of amidine groups is 1. The molecule has 90 valence electrons. The number of carbonyl (C=O) groups excluding carboxylic acids is 1. The van der Waals surface area contributed by atoms with Crippen molar-refractivity contribution in [3.05, 3.63) is 0 Å². The van der Waals surface area contributed by atoms with E-state index >= 15 is 0 Å². The molecule has 2 aliphatic heterocycles. The van der Waals surface area contributed by atoms with Crippen LogP contribution in [0.5, 0.6) is 0 Å². The van der Waals surface area contributed by atoms with Crippen molar-refractivity contribution in [3.63, 3.8) is 0 Å². The standard InChI is InChI=1S/C8H11ClN2O3S2/c1-11-5-3-16(13,14)4-6(5)15-8(11)10-7(12)2-9/h5-6H,2-4H2,1H3. The van der Waals surface area contributed by atoms with Crippen LogP contribution < -0.4 is 0 Å². The second kappa shape index (κ2) is 4.19. The third-order valence-electron chi connectivity index (χ3n) is 2.66. The molecule has 2 aliphatic rings. The van der Waals surface area contributed by atoms with E-state index < -0.39 is 9.84 Å². The molecule has 0 aromatic rings. The lowest BCUT2D eigenvalue weighted by molar-refractivity contribution is -0.115. The summed E-state index contributed by atoms with van der Waals surface area (Å²) in [7, 11) is -1.16. The maximum atomic E-state index is 11.4. The summed E-state index contributed by atoms with van der Waals surface area (Å²) in [5.74, 6) is -0.222. The quantitative estimate of drug-likeness (QED) is 0.631. The van der Waals surface area contributed by atoms with Crippen molar-refractivity contribution in [1.82, 2.24) is 4.90 Å². The van der Waals surface area contributed by atoms with Crippen LogP contribution in [0.1, 0.15) is 0 Å². The Labute approximate surface area is 103 Å². The Bertz CT molecular complexity index is 448. The highest BCUT2D eigenvalue weighted by Crippen LogP contribution is 2.36. The third kappa shape index (κ3) is 2.21. The summed E-state index contributed by atoms with van der Waals surface area (Å²) in [4.78, 5) is 16.7. The van der Waals surface area contributed by atoms with Crippen LogP contribution in [0.2, 0.25) is 0 Å². The smallest absolute Gasteiger partial charge is 0.262 e. The van der Waals surface area contributed by atoms with E-state index in [1.165, 1.54) is 11.8 Å². The summed E-state index contributed by atoms with van der Waals surface area (Å²) in [6, 6.07) is -0.0584. The van der Waals surface area contributed by atoms with Gasteiger partial charge in [-0.15, -0.1) is 11.6 Å². The van der Waals surface area contributed by atoms with Gasteiger partial charge in [0.25, 0.3) is 5.91 Å². The minimum atomic E-state index is -2.92. The number of carbonyl (C=O) groups is 1. The number of amides is 1. The van der Waals surface area contributed by atoms with Gasteiger partial charge in [0.05, 0.1) is 17.5 Å². The van der Waals surface area contributed by atoms with Crippen molar-refractivity contribution < 1.29 is 13.2 Å². The van der Waals surface area contributed by atoms with Crippen molar-refractivity contribution in [2.75, 3.05) is 24.4 Å². The molecule has 2 rings (SSSR count). The van der Waals surface area contributed by atoms with Crippen molar-refractivity contribution in [1.29, 1.82) is 0 Å². The molecule has 0 saturated carbocycles. The van der Waals surface area contributed by atoms with E-state index in [4.69, 9.17) is 11.6 Å². The number of hydrogen-bond donors (Lipinski definition) is 0. The lowest BCUT2D eigenvalue weighted by atomic mass is 10.2. The van der Waals surface area contributed by atoms with E-state index in [-0.39, 0.29) is 34.6 Å². The number of rotatable bonds is 1. The summed E-state index contributed by atoms with van der Waals surface area (Å²) < 4.78 is 22.8. The molecule has 0 aromatic carbocycles. The predicted octanol–water partition coefficient (Wildman–Crippen LogP) is -0.0480. The molecule has 5 nitrogen and oxygen atoms in total. The number of aliphatic imine (C=N–C) groups is 1. The van der Waals surface area contributed by atoms with Crippen LogP contribution in [0.15, 0.2) is 4.99 Å². The molecule has 16 heavy (non-hydrogen) atoms. The number of thioether (sulfide) groups is 1. The zero-order chi connectivity index (χ0) is 11.9. The van der Waals surface area contributed by atoms with E-state index in [1.54, 1.807) is 11.9 Å². The van der Waals surface area contributed by atoms with E-state index in [0.29, 0.717) is 5.17 Å². The topological polar surface area (TPSA) is 66.8 Å². The van der Waals surface area contributed by atoms with E-state index in [2.05, 4.69) is 4.99 Å². The molecule has 1 amide bonds. The van der Waals surface area contributed by atoms with Gasteiger partial charge in [-0.25, -0.2) is 8.42 Å². The average Bonchev–Trinajstić information content (AvgIpc) is 2.63. The van der Waals surface area contributed by atoms with E-state index in [9.17, 15) is 13.2 Å². The van der Waals surface area contributed by atoms with Gasteiger partial charge in [0.15, 0.2) is 15.0 Å². The number of hydrogen-bond acceptors (Lipinski definition) is 4. The van der Waals surface area contributed by atoms with Crippen LogP contribution >= 0.6 is 23.4 Å². The highest BCUT2D eigenvalue weighted by molar-refractivity contribution is 8.15. The molecule has 2 saturated heterocycles. The lowest BCUT2D eigenvalue weighted by Crippen LogP contribution is -2.34. The average molecular weight is 283 g/mol. The van der Waals surface area contributed by atoms with Gasteiger partial charge in [-0.1, -0.05) is 11.8 Å². The van der Waals surface area contributed by atoms with E-state index in [0.717, 1.165) is 0 Å². The van der Waals surface area contributed by atoms with Gasteiger partial charge in [0.2, 0.25) is 0 Å². The van der Waals surface area contributed by atoms with Gasteiger partial charge >= 0.3 is 0 Å². The Morgan fingerprint density at radius 1 is 1.62 bits per heavy atom. The summed E-state index contributed by atoms with van der Waals surface area (Å²) in [5.41, 5.74) is 0. The van der Waals surface area contributed by atoms with Crippen molar-refractivity contribution >= 4 is 44.3 Å². The number of fused-ring (bicyclic) bond motifs is 1. The molecule has 0 bridgehead atoms. The normalized spacial score (nSPS) is 34.4. The zero-order valence-corrected chi connectivity index (χ0v) is 11.0. The van der Waals surface area contributed by atoms with Gasteiger partial charge in [0, 0.05) is 12.3 Å². The highest BCUT2D eigenvalue weighted by Gasteiger charge is 2.47. The van der Waals surface area contributed by atoms with Crippen LogP contribution in [-0.2, 0) is 14.6 Å². The first-order chi connectivity index (χ1) is 7.43. The summed E-state index contributed by atoms with van der Waals surface area (Å²) in [5, 5.41) is 0.576. The highest BCUT2D eigenvalue weighted by atomic mass is 35.5. The molecule has 0 radical (unpaired) electrons. The number of sulfone groups is 1. The Morgan fingerprint density at radius 2 is 2.31 bits per heavy atom. The van der Waals surface area contributed by atoms with Crippen LogP contribution in [0.25, 0.3) is 0 Å². The third-order valence-corrected chi connectivity index (χ3v) is 6.19. The molecule has 2 atom stereocenters. The maximum absolute atomic E-state index is 11.4. The largest absolute Gasteiger partial charge is 0.349 e. The zero-order valence-electron chi connectivity index (χ0n) is 8.59. The van der Waals surface area contributed by atoms with Crippen molar-refractivity contribution in [2.45, 2.75) is 11.3 Å². The van der Waals surface area contributed by atoms with E-state index in [1.807, 2.05) is 0 Å². The molecule has 2 fully saturated rings. The predicted molar refractivity (Wildman–Crippen MR) is 64.7 cm³/mol. The Balaban J connectivity index is 2.17. The maximum Gasteiger partial charge on any atom is 0.262 e. The first-order valence-corrected chi connectivity index (χ1v) is 7.94. The minimum Gasteiger partial charge on any atom is -0.349 e. The van der Waals surface area contributed by atoms with Crippen molar-refractivity contribution in [3.8, 4) is 0 Å². The summed E-state index contributed by atoms with van der Waals surface area (Å²) >= 11 is 6.72. The van der Waals surface area contributed by atoms with Crippen LogP contribution in [-0.4, -0.2) is 60.1 Å². The molecule has 2 unspecified atom stereocenters. The molecular formula is C8H11ClN2O3S2. The number of alkyl halides is 1. The summed E-state index contributed by atoms with van der Waals surface area (Å²) in [6.45, 7) is 0. The minimum absolute atomic E-state index is 0.00289. The van der Waals surface area contributed by atoms with Gasteiger partial charge in [-0.05, 0) is 0 Å². The monoisotopic (exact) mass is 282 g/mol. The molecule has 8 heteroatoms. The molecular weight excluding hydrogens is 272 g/mol. The van der Waals surface area contributed by atoms with Crippen LogP contribution in [0.3, 0.4) is 0 Å². The second-order valence-electron chi connectivity index (χ2n) is 3.83. The number of nitrogens with zero attached hydrogens (tertiary/aromatic N) is 2. The first kappa shape index (κ1) is 12.2. The summed E-state index contributed by atoms with van der Waals surface area (Å²) in [6.07, 6.45) is 0. The first-order valence-electron chi connectivity index (χ1n) is 4.70. The van der Waals surface area contributed by atoms with Crippen LogP contribution in [0, 0.1) is 0 Å². The van der Waals surface area contributed by atoms with Gasteiger partial charge < -0.3 is 4.90 Å². The Morgan fingerprint density at radius 3 is 2.88 bits per heavy atom. The Kier molecular flexibility index (Phi) is 3.20. The molecule has 2 heterocycles. The van der Waals surface area contributed by atoms with Gasteiger partial charge in [-0.2, -0.15) is 4.99 Å². The fourth-order valence-electron chi connectivity index (χ4n) is 1.87. The molecule has 0 spiro atoms. The Hall–Kier alpha value is -0.270. The van der Waals surface area contributed by atoms with Gasteiger partial charge in [-0.3, -0.25) is 4.79 Å². The molecule has 0 aliphatic carbocycles. The van der Waals surface area contributed by atoms with Crippen molar-refractivity contribution in [2.24, 2.45) is 4.99 Å². The SMILES string of the molecule is CN1C(=NC(=O)CCl)SC2CS(=O)(=O)CC21. The molecule has 0 aromatic heterocycles. The van der Waals surface area contributed by atoms with Gasteiger partial charge in [0.1, 0.15) is 5.88 Å².